The van der Waals surface area contributed by atoms with E-state index in [-0.39, 0.29) is 11.5 Å². The summed E-state index contributed by atoms with van der Waals surface area (Å²) in [5, 5.41) is 14.2. The van der Waals surface area contributed by atoms with Gasteiger partial charge in [0, 0.05) is 18.3 Å². The first-order valence-electron chi connectivity index (χ1n) is 8.51. The van der Waals surface area contributed by atoms with Crippen molar-refractivity contribution in [3.63, 3.8) is 0 Å². The Kier molecular flexibility index (Phi) is 7.51. The number of hydrogen-bond donors (Lipinski definition) is 2. The Morgan fingerprint density at radius 3 is 2.48 bits per heavy atom. The first-order valence-corrected chi connectivity index (χ1v) is 8.51. The molecule has 0 saturated heterocycles. The van der Waals surface area contributed by atoms with E-state index in [9.17, 15) is 19.6 Å². The highest BCUT2D eigenvalue weighted by molar-refractivity contribution is 6.00. The van der Waals surface area contributed by atoms with E-state index < -0.39 is 18.5 Å². The Bertz CT molecular complexity index is 975. The molecule has 8 nitrogen and oxygen atoms in total. The molecule has 8 heteroatoms. The predicted molar refractivity (Wildman–Crippen MR) is 106 cm³/mol. The molecule has 2 aromatic carbocycles. The zero-order chi connectivity index (χ0) is 21.2. The number of hydrogen-bond acceptors (Lipinski definition) is 6. The fourth-order valence-corrected chi connectivity index (χ4v) is 2.29. The van der Waals surface area contributed by atoms with Gasteiger partial charge in [0.2, 0.25) is 0 Å². The number of benzene rings is 2. The molecule has 0 atom stereocenters. The van der Waals surface area contributed by atoms with Gasteiger partial charge in [-0.25, -0.2) is 4.79 Å². The quantitative estimate of drug-likeness (QED) is 0.423. The highest BCUT2D eigenvalue weighted by atomic mass is 16.5. The lowest BCUT2D eigenvalue weighted by atomic mass is 10.1. The Morgan fingerprint density at radius 1 is 1.14 bits per heavy atom. The summed E-state index contributed by atoms with van der Waals surface area (Å²) in [6.45, 7) is -0.562. The van der Waals surface area contributed by atoms with Crippen LogP contribution in [0.5, 0.6) is 5.75 Å². The van der Waals surface area contributed by atoms with Crippen molar-refractivity contribution in [3.05, 3.63) is 65.2 Å². The second-order valence-corrected chi connectivity index (χ2v) is 5.73. The molecule has 148 valence electrons. The third kappa shape index (κ3) is 6.22. The molecule has 0 saturated carbocycles. The summed E-state index contributed by atoms with van der Waals surface area (Å²) in [4.78, 5) is 35.5. The van der Waals surface area contributed by atoms with Crippen LogP contribution in [-0.2, 0) is 14.3 Å². The lowest BCUT2D eigenvalue weighted by molar-refractivity contribution is -0.142. The minimum atomic E-state index is -0.916. The average molecular weight is 393 g/mol. The molecule has 0 radical (unpaired) electrons. The van der Waals surface area contributed by atoms with Crippen molar-refractivity contribution in [1.82, 2.24) is 5.32 Å². The summed E-state index contributed by atoms with van der Waals surface area (Å²) in [6.07, 6.45) is 1.35. The van der Waals surface area contributed by atoms with Crippen LogP contribution in [0.25, 0.3) is 6.08 Å². The van der Waals surface area contributed by atoms with Crippen LogP contribution in [0, 0.1) is 11.3 Å². The van der Waals surface area contributed by atoms with Gasteiger partial charge in [0.05, 0.1) is 7.11 Å². The number of methoxy groups -OCH3 is 1. The van der Waals surface area contributed by atoms with E-state index in [1.54, 1.807) is 54.6 Å². The van der Waals surface area contributed by atoms with E-state index in [0.29, 0.717) is 22.6 Å². The number of rotatable bonds is 7. The predicted octanol–water partition coefficient (Wildman–Crippen LogP) is 2.14. The van der Waals surface area contributed by atoms with Gasteiger partial charge in [0.25, 0.3) is 11.8 Å². The van der Waals surface area contributed by atoms with Crippen molar-refractivity contribution in [3.8, 4) is 11.8 Å². The molecule has 0 aliphatic rings. The fraction of sp³-hybridized carbons (Fsp3) is 0.143. The van der Waals surface area contributed by atoms with Crippen molar-refractivity contribution in [1.29, 1.82) is 5.26 Å². The molecule has 0 aliphatic heterocycles. The number of esters is 1. The first-order chi connectivity index (χ1) is 14.0. The van der Waals surface area contributed by atoms with E-state index in [0.717, 1.165) is 0 Å². The number of carbonyl (C=O) groups is 3. The van der Waals surface area contributed by atoms with Gasteiger partial charge in [-0.3, -0.25) is 9.59 Å². The third-order valence-electron chi connectivity index (χ3n) is 3.74. The molecule has 0 aromatic heterocycles. The summed E-state index contributed by atoms with van der Waals surface area (Å²) in [7, 11) is 3.03. The summed E-state index contributed by atoms with van der Waals surface area (Å²) in [6, 6.07) is 14.7. The van der Waals surface area contributed by atoms with E-state index in [2.05, 4.69) is 10.6 Å². The number of carbonyl (C=O) groups excluding carboxylic acids is 3. The molecule has 0 unspecified atom stereocenters. The molecule has 0 bridgehead atoms. The maximum atomic E-state index is 12.1. The van der Waals surface area contributed by atoms with Gasteiger partial charge >= 0.3 is 5.97 Å². The summed E-state index contributed by atoms with van der Waals surface area (Å²) in [5.41, 5.74) is 1.21. The first kappa shape index (κ1) is 21.2. The van der Waals surface area contributed by atoms with Crippen molar-refractivity contribution < 1.29 is 23.9 Å². The molecule has 2 rings (SSSR count). The van der Waals surface area contributed by atoms with Gasteiger partial charge < -0.3 is 20.1 Å². The summed E-state index contributed by atoms with van der Waals surface area (Å²) in [5.74, 6) is -1.17. The molecule has 2 amide bonds. The van der Waals surface area contributed by atoms with Crippen LogP contribution >= 0.6 is 0 Å². The number of nitrogens with one attached hydrogen (secondary N) is 2. The van der Waals surface area contributed by atoms with Crippen molar-refractivity contribution in [2.75, 3.05) is 26.1 Å². The van der Waals surface area contributed by atoms with Crippen LogP contribution < -0.4 is 15.4 Å². The van der Waals surface area contributed by atoms with E-state index >= 15 is 0 Å². The number of amides is 2. The minimum absolute atomic E-state index is 0.247. The number of nitrogens with zero attached hydrogens (tertiary/aromatic N) is 1. The lowest BCUT2D eigenvalue weighted by Gasteiger charge is -2.07. The molecule has 0 fully saturated rings. The summed E-state index contributed by atoms with van der Waals surface area (Å²) >= 11 is 0. The molecular formula is C21H19N3O5. The van der Waals surface area contributed by atoms with Crippen LogP contribution in [0.15, 0.2) is 54.1 Å². The molecule has 0 heterocycles. The fourth-order valence-electron chi connectivity index (χ4n) is 2.29. The largest absolute Gasteiger partial charge is 0.497 e. The van der Waals surface area contributed by atoms with Crippen LogP contribution in [0.3, 0.4) is 0 Å². The zero-order valence-electron chi connectivity index (χ0n) is 15.9. The smallest absolute Gasteiger partial charge is 0.349 e. The van der Waals surface area contributed by atoms with Gasteiger partial charge in [-0.05, 0) is 48.0 Å². The third-order valence-corrected chi connectivity index (χ3v) is 3.74. The van der Waals surface area contributed by atoms with Gasteiger partial charge in [-0.1, -0.05) is 12.1 Å². The average Bonchev–Trinajstić information content (AvgIpc) is 2.75. The number of nitriles is 1. The Balaban J connectivity index is 1.94. The zero-order valence-corrected chi connectivity index (χ0v) is 15.9. The van der Waals surface area contributed by atoms with Crippen LogP contribution in [-0.4, -0.2) is 38.5 Å². The molecule has 0 aliphatic carbocycles. The Hall–Kier alpha value is -4.12. The normalized spacial score (nSPS) is 10.4. The van der Waals surface area contributed by atoms with Crippen LogP contribution in [0.4, 0.5) is 5.69 Å². The Labute approximate surface area is 167 Å². The topological polar surface area (TPSA) is 118 Å². The van der Waals surface area contributed by atoms with Crippen LogP contribution in [0.1, 0.15) is 15.9 Å². The van der Waals surface area contributed by atoms with E-state index in [1.807, 2.05) is 0 Å². The lowest BCUT2D eigenvalue weighted by Crippen LogP contribution is -2.21. The molecule has 2 N–H and O–H groups in total. The van der Waals surface area contributed by atoms with Crippen molar-refractivity contribution >= 4 is 29.5 Å². The maximum absolute atomic E-state index is 12.1. The minimum Gasteiger partial charge on any atom is -0.497 e. The molecule has 29 heavy (non-hydrogen) atoms. The SMILES string of the molecule is CNC(=O)c1ccc(NC(=O)COC(=O)/C(C#N)=C/c2cccc(OC)c2)cc1. The highest BCUT2D eigenvalue weighted by Crippen LogP contribution is 2.16. The second-order valence-electron chi connectivity index (χ2n) is 5.73. The van der Waals surface area contributed by atoms with Gasteiger partial charge in [-0.2, -0.15) is 5.26 Å². The maximum Gasteiger partial charge on any atom is 0.349 e. The summed E-state index contributed by atoms with van der Waals surface area (Å²) < 4.78 is 9.99. The standard InChI is InChI=1S/C21H19N3O5/c1-23-20(26)15-6-8-17(9-7-15)24-19(25)13-29-21(27)16(12-22)10-14-4-3-5-18(11-14)28-2/h3-11H,13H2,1-2H3,(H,23,26)(H,24,25)/b16-10+. The molecular weight excluding hydrogens is 374 g/mol. The molecule has 2 aromatic rings. The van der Waals surface area contributed by atoms with Crippen molar-refractivity contribution in [2.45, 2.75) is 0 Å². The van der Waals surface area contributed by atoms with Gasteiger partial charge in [-0.15, -0.1) is 0 Å². The van der Waals surface area contributed by atoms with Crippen LogP contribution in [0.2, 0.25) is 0 Å². The number of ether oxygens (including phenoxy) is 2. The van der Waals surface area contributed by atoms with Gasteiger partial charge in [0.15, 0.2) is 6.61 Å². The monoisotopic (exact) mass is 393 g/mol. The Morgan fingerprint density at radius 2 is 1.86 bits per heavy atom. The van der Waals surface area contributed by atoms with Crippen molar-refractivity contribution in [2.24, 2.45) is 0 Å². The molecule has 0 spiro atoms. The highest BCUT2D eigenvalue weighted by Gasteiger charge is 2.14. The van der Waals surface area contributed by atoms with E-state index in [1.165, 1.54) is 20.2 Å². The number of anilines is 1. The van der Waals surface area contributed by atoms with Gasteiger partial charge in [0.1, 0.15) is 17.4 Å². The second kappa shape index (κ2) is 10.3. The van der Waals surface area contributed by atoms with E-state index in [4.69, 9.17) is 9.47 Å².